The minimum absolute atomic E-state index is 0.167. The van der Waals surface area contributed by atoms with Gasteiger partial charge in [0, 0.05) is 18.2 Å². The van der Waals surface area contributed by atoms with Crippen molar-refractivity contribution in [3.63, 3.8) is 0 Å². The van der Waals surface area contributed by atoms with Gasteiger partial charge >= 0.3 is 0 Å². The molecule has 1 aromatic rings. The predicted molar refractivity (Wildman–Crippen MR) is 67.5 cm³/mol. The fourth-order valence-corrected chi connectivity index (χ4v) is 2.27. The van der Waals surface area contributed by atoms with E-state index in [-0.39, 0.29) is 11.7 Å². The third kappa shape index (κ3) is 3.26. The van der Waals surface area contributed by atoms with Gasteiger partial charge in [0.2, 0.25) is 0 Å². The molecule has 1 aromatic carbocycles. The first-order valence-electron chi connectivity index (χ1n) is 5.63. The number of carbonyl (C=O) groups is 1. The molecule has 1 amide bonds. The molecule has 1 aliphatic heterocycles. The van der Waals surface area contributed by atoms with Crippen LogP contribution in [-0.2, 0) is 0 Å². The third-order valence-electron chi connectivity index (χ3n) is 2.85. The molecule has 1 fully saturated rings. The van der Waals surface area contributed by atoms with E-state index in [0.29, 0.717) is 22.6 Å². The van der Waals surface area contributed by atoms with Crippen LogP contribution in [0.25, 0.3) is 0 Å². The summed E-state index contributed by atoms with van der Waals surface area (Å²) in [6, 6.07) is 4.62. The van der Waals surface area contributed by atoms with Crippen molar-refractivity contribution in [3.8, 4) is 0 Å². The van der Waals surface area contributed by atoms with Crippen LogP contribution in [0, 0.1) is 5.82 Å². The van der Waals surface area contributed by atoms with Crippen LogP contribution in [0.3, 0.4) is 0 Å². The largest absolute Gasteiger partial charge is 0.350 e. The third-order valence-corrected chi connectivity index (χ3v) is 3.46. The van der Waals surface area contributed by atoms with Gasteiger partial charge in [-0.25, -0.2) is 4.39 Å². The molecule has 2 N–H and O–H groups in total. The summed E-state index contributed by atoms with van der Waals surface area (Å²) in [7, 11) is 0. The molecule has 5 heteroatoms. The van der Waals surface area contributed by atoms with E-state index in [1.54, 1.807) is 0 Å². The lowest BCUT2D eigenvalue weighted by molar-refractivity contribution is 0.0950. The maximum atomic E-state index is 13.0. The van der Waals surface area contributed by atoms with Crippen molar-refractivity contribution in [2.45, 2.75) is 18.9 Å². The molecule has 0 aliphatic carbocycles. The van der Waals surface area contributed by atoms with Gasteiger partial charge in [-0.05, 0) is 53.5 Å². The number of amides is 1. The molecule has 1 atom stereocenters. The van der Waals surface area contributed by atoms with Crippen LogP contribution in [-0.4, -0.2) is 25.0 Å². The molecule has 3 nitrogen and oxygen atoms in total. The Hall–Kier alpha value is -0.940. The summed E-state index contributed by atoms with van der Waals surface area (Å²) in [5.74, 6) is -0.529. The van der Waals surface area contributed by atoms with Crippen molar-refractivity contribution >= 4 is 21.8 Å². The molecule has 1 saturated heterocycles. The Labute approximate surface area is 108 Å². The fraction of sp³-hybridized carbons (Fsp3) is 0.417. The van der Waals surface area contributed by atoms with E-state index >= 15 is 0 Å². The van der Waals surface area contributed by atoms with Crippen LogP contribution in [0.2, 0.25) is 0 Å². The first-order valence-corrected chi connectivity index (χ1v) is 6.43. The zero-order chi connectivity index (χ0) is 12.3. The highest BCUT2D eigenvalue weighted by atomic mass is 79.9. The van der Waals surface area contributed by atoms with Crippen LogP contribution in [0.15, 0.2) is 22.7 Å². The van der Waals surface area contributed by atoms with Crippen LogP contribution in [0.4, 0.5) is 4.39 Å². The Balaban J connectivity index is 1.92. The number of hydrogen-bond donors (Lipinski definition) is 2. The zero-order valence-electron chi connectivity index (χ0n) is 9.30. The highest BCUT2D eigenvalue weighted by Crippen LogP contribution is 2.16. The molecule has 0 aromatic heterocycles. The fourth-order valence-electron chi connectivity index (χ4n) is 1.89. The van der Waals surface area contributed by atoms with Gasteiger partial charge in [0.05, 0.1) is 4.47 Å². The minimum atomic E-state index is -0.362. The summed E-state index contributed by atoms with van der Waals surface area (Å²) < 4.78 is 13.3. The van der Waals surface area contributed by atoms with Gasteiger partial charge in [0.25, 0.3) is 5.91 Å². The molecule has 2 rings (SSSR count). The van der Waals surface area contributed by atoms with Gasteiger partial charge in [-0.3, -0.25) is 4.79 Å². The van der Waals surface area contributed by atoms with E-state index in [0.717, 1.165) is 19.4 Å². The first kappa shape index (κ1) is 12.5. The standard InChI is InChI=1S/C12H14BrFN2O/c13-10-6-8(3-4-11(10)14)12(17)16-7-9-2-1-5-15-9/h3-4,6,9,15H,1-2,5,7H2,(H,16,17). The first-order chi connectivity index (χ1) is 8.16. The average Bonchev–Trinajstić information content (AvgIpc) is 2.82. The number of rotatable bonds is 3. The molecule has 0 radical (unpaired) electrons. The van der Waals surface area contributed by atoms with Crippen molar-refractivity contribution in [2.75, 3.05) is 13.1 Å². The average molecular weight is 301 g/mol. The summed E-state index contributed by atoms with van der Waals surface area (Å²) in [6.45, 7) is 1.64. The second-order valence-electron chi connectivity index (χ2n) is 4.13. The molecule has 92 valence electrons. The normalized spacial score (nSPS) is 19.3. The molecule has 0 saturated carbocycles. The summed E-state index contributed by atoms with van der Waals surface area (Å²) in [5.41, 5.74) is 0.469. The number of nitrogens with one attached hydrogen (secondary N) is 2. The Morgan fingerprint density at radius 2 is 2.41 bits per heavy atom. The topological polar surface area (TPSA) is 41.1 Å². The molecule has 1 unspecified atom stereocenters. The Morgan fingerprint density at radius 3 is 3.06 bits per heavy atom. The zero-order valence-corrected chi connectivity index (χ0v) is 10.9. The van der Waals surface area contributed by atoms with Gasteiger partial charge in [0.15, 0.2) is 0 Å². The van der Waals surface area contributed by atoms with Gasteiger partial charge < -0.3 is 10.6 Å². The second kappa shape index (κ2) is 5.60. The van der Waals surface area contributed by atoms with E-state index < -0.39 is 0 Å². The molecule has 17 heavy (non-hydrogen) atoms. The van der Waals surface area contributed by atoms with E-state index in [1.165, 1.54) is 18.2 Å². The monoisotopic (exact) mass is 300 g/mol. The predicted octanol–water partition coefficient (Wildman–Crippen LogP) is 2.07. The highest BCUT2D eigenvalue weighted by molar-refractivity contribution is 9.10. The van der Waals surface area contributed by atoms with Crippen molar-refractivity contribution in [3.05, 3.63) is 34.1 Å². The molecule has 1 aliphatic rings. The number of carbonyl (C=O) groups excluding carboxylic acids is 1. The van der Waals surface area contributed by atoms with E-state index in [4.69, 9.17) is 0 Å². The van der Waals surface area contributed by atoms with Crippen molar-refractivity contribution in [1.82, 2.24) is 10.6 Å². The molecule has 0 bridgehead atoms. The lowest BCUT2D eigenvalue weighted by atomic mass is 10.2. The van der Waals surface area contributed by atoms with Crippen molar-refractivity contribution < 1.29 is 9.18 Å². The van der Waals surface area contributed by atoms with Crippen LogP contribution in [0.5, 0.6) is 0 Å². The van der Waals surface area contributed by atoms with Crippen molar-refractivity contribution in [2.24, 2.45) is 0 Å². The van der Waals surface area contributed by atoms with Gasteiger partial charge in [-0.15, -0.1) is 0 Å². The van der Waals surface area contributed by atoms with Crippen molar-refractivity contribution in [1.29, 1.82) is 0 Å². The molecular formula is C12H14BrFN2O. The summed E-state index contributed by atoms with van der Waals surface area (Å²) in [5, 5.41) is 6.14. The van der Waals surface area contributed by atoms with Crippen LogP contribution in [0.1, 0.15) is 23.2 Å². The lowest BCUT2D eigenvalue weighted by Gasteiger charge is -2.11. The maximum Gasteiger partial charge on any atom is 0.251 e. The molecule has 0 spiro atoms. The molecule has 1 heterocycles. The second-order valence-corrected chi connectivity index (χ2v) is 4.99. The van der Waals surface area contributed by atoms with Gasteiger partial charge in [0.1, 0.15) is 5.82 Å². The summed E-state index contributed by atoms with van der Waals surface area (Å²) in [4.78, 5) is 11.8. The van der Waals surface area contributed by atoms with E-state index in [1.807, 2.05) is 0 Å². The number of benzene rings is 1. The Bertz CT molecular complexity index is 419. The van der Waals surface area contributed by atoms with Gasteiger partial charge in [-0.2, -0.15) is 0 Å². The van der Waals surface area contributed by atoms with Crippen LogP contribution >= 0.6 is 15.9 Å². The Kier molecular flexibility index (Phi) is 4.12. The quantitative estimate of drug-likeness (QED) is 0.897. The maximum absolute atomic E-state index is 13.0. The number of hydrogen-bond acceptors (Lipinski definition) is 2. The lowest BCUT2D eigenvalue weighted by Crippen LogP contribution is -2.37. The summed E-state index contributed by atoms with van der Waals surface area (Å²) >= 11 is 3.06. The van der Waals surface area contributed by atoms with Gasteiger partial charge in [-0.1, -0.05) is 0 Å². The minimum Gasteiger partial charge on any atom is -0.350 e. The van der Waals surface area contributed by atoms with Crippen LogP contribution < -0.4 is 10.6 Å². The Morgan fingerprint density at radius 1 is 1.59 bits per heavy atom. The number of halogens is 2. The summed E-state index contributed by atoms with van der Waals surface area (Å²) in [6.07, 6.45) is 2.25. The smallest absolute Gasteiger partial charge is 0.251 e. The SMILES string of the molecule is O=C(NCC1CCCN1)c1ccc(F)c(Br)c1. The van der Waals surface area contributed by atoms with E-state index in [2.05, 4.69) is 26.6 Å². The van der Waals surface area contributed by atoms with E-state index in [9.17, 15) is 9.18 Å². The highest BCUT2D eigenvalue weighted by Gasteiger charge is 2.15. The molecular weight excluding hydrogens is 287 g/mol.